The van der Waals surface area contributed by atoms with Crippen LogP contribution in [-0.2, 0) is 4.79 Å². The second kappa shape index (κ2) is 7.51. The van der Waals surface area contributed by atoms with E-state index in [1.54, 1.807) is 6.07 Å². The van der Waals surface area contributed by atoms with Gasteiger partial charge in [0.05, 0.1) is 9.95 Å². The number of nitro groups is 1. The Morgan fingerprint density at radius 1 is 1.25 bits per heavy atom. The van der Waals surface area contributed by atoms with Gasteiger partial charge in [-0.25, -0.2) is 0 Å². The van der Waals surface area contributed by atoms with Gasteiger partial charge in [-0.1, -0.05) is 40.9 Å². The topological polar surface area (TPSA) is 81.5 Å². The Morgan fingerprint density at radius 2 is 1.96 bits per heavy atom. The van der Waals surface area contributed by atoms with E-state index in [4.69, 9.17) is 27.9 Å². The van der Waals surface area contributed by atoms with Gasteiger partial charge in [0.15, 0.2) is 6.61 Å². The van der Waals surface area contributed by atoms with Crippen molar-refractivity contribution in [2.75, 3.05) is 11.9 Å². The van der Waals surface area contributed by atoms with Crippen LogP contribution < -0.4 is 10.1 Å². The minimum absolute atomic E-state index is 0.0338. The molecule has 2 aromatic rings. The number of hydrogen-bond acceptors (Lipinski definition) is 4. The van der Waals surface area contributed by atoms with Gasteiger partial charge in [-0.15, -0.1) is 0 Å². The number of hydrogen-bond donors (Lipinski definition) is 1. The standard InChI is InChI=1S/C16H14Cl2N2O4/c1-9-3-4-13(10(2)5-9)19-15(21)8-24-16-12(18)6-11(17)7-14(16)20(22)23/h3-7H,8H2,1-2H3,(H,19,21). The first-order chi connectivity index (χ1) is 11.3. The van der Waals surface area contributed by atoms with Gasteiger partial charge in [0.2, 0.25) is 5.75 Å². The Morgan fingerprint density at radius 3 is 2.58 bits per heavy atom. The van der Waals surface area contributed by atoms with E-state index >= 15 is 0 Å². The number of ether oxygens (including phenoxy) is 1. The third-order valence-electron chi connectivity index (χ3n) is 3.19. The second-order valence-electron chi connectivity index (χ2n) is 5.15. The average molecular weight is 369 g/mol. The number of nitro benzene ring substituents is 1. The zero-order valence-electron chi connectivity index (χ0n) is 12.9. The van der Waals surface area contributed by atoms with Crippen molar-refractivity contribution >= 4 is 40.5 Å². The molecule has 0 bridgehead atoms. The predicted molar refractivity (Wildman–Crippen MR) is 93.2 cm³/mol. The van der Waals surface area contributed by atoms with E-state index in [1.165, 1.54) is 6.07 Å². The fourth-order valence-corrected chi connectivity index (χ4v) is 2.64. The van der Waals surface area contributed by atoms with E-state index in [0.29, 0.717) is 5.69 Å². The molecule has 0 aliphatic heterocycles. The molecule has 0 radical (unpaired) electrons. The summed E-state index contributed by atoms with van der Waals surface area (Å²) in [5.74, 6) is -0.649. The maximum Gasteiger partial charge on any atom is 0.314 e. The van der Waals surface area contributed by atoms with Crippen LogP contribution in [0.4, 0.5) is 11.4 Å². The molecule has 1 N–H and O–H groups in total. The Kier molecular flexibility index (Phi) is 5.64. The van der Waals surface area contributed by atoms with Crippen LogP contribution >= 0.6 is 23.2 Å². The van der Waals surface area contributed by atoms with Crippen molar-refractivity contribution in [1.29, 1.82) is 0 Å². The fourth-order valence-electron chi connectivity index (χ4n) is 2.10. The van der Waals surface area contributed by atoms with Crippen LogP contribution in [0, 0.1) is 24.0 Å². The number of amides is 1. The molecule has 24 heavy (non-hydrogen) atoms. The molecule has 0 aromatic heterocycles. The molecule has 0 unspecified atom stereocenters. The minimum Gasteiger partial charge on any atom is -0.476 e. The molecule has 0 aliphatic rings. The summed E-state index contributed by atoms with van der Waals surface area (Å²) in [7, 11) is 0. The number of nitrogens with zero attached hydrogens (tertiary/aromatic N) is 1. The lowest BCUT2D eigenvalue weighted by atomic mass is 10.1. The van der Waals surface area contributed by atoms with Gasteiger partial charge in [-0.05, 0) is 31.5 Å². The first kappa shape index (κ1) is 18.0. The molecule has 0 saturated heterocycles. The third-order valence-corrected chi connectivity index (χ3v) is 3.69. The van der Waals surface area contributed by atoms with Crippen molar-refractivity contribution in [3.63, 3.8) is 0 Å². The zero-order valence-corrected chi connectivity index (χ0v) is 14.4. The lowest BCUT2D eigenvalue weighted by Crippen LogP contribution is -2.21. The van der Waals surface area contributed by atoms with Crippen molar-refractivity contribution in [2.24, 2.45) is 0 Å². The van der Waals surface area contributed by atoms with Gasteiger partial charge in [0, 0.05) is 16.8 Å². The highest BCUT2D eigenvalue weighted by Crippen LogP contribution is 2.37. The smallest absolute Gasteiger partial charge is 0.314 e. The van der Waals surface area contributed by atoms with Gasteiger partial charge in [0.1, 0.15) is 0 Å². The van der Waals surface area contributed by atoms with E-state index in [0.717, 1.165) is 17.2 Å². The van der Waals surface area contributed by atoms with Gasteiger partial charge in [-0.3, -0.25) is 14.9 Å². The number of carbonyl (C=O) groups is 1. The maximum absolute atomic E-state index is 12.0. The highest BCUT2D eigenvalue weighted by molar-refractivity contribution is 6.36. The molecular formula is C16H14Cl2N2O4. The number of aryl methyl sites for hydroxylation is 2. The van der Waals surface area contributed by atoms with Gasteiger partial charge in [0.25, 0.3) is 5.91 Å². The summed E-state index contributed by atoms with van der Waals surface area (Å²) in [6, 6.07) is 8.00. The second-order valence-corrected chi connectivity index (χ2v) is 5.99. The van der Waals surface area contributed by atoms with Crippen LogP contribution in [0.3, 0.4) is 0 Å². The average Bonchev–Trinajstić information content (AvgIpc) is 2.48. The SMILES string of the molecule is Cc1ccc(NC(=O)COc2c(Cl)cc(Cl)cc2[N+](=O)[O-])c(C)c1. The van der Waals surface area contributed by atoms with Crippen molar-refractivity contribution < 1.29 is 14.5 Å². The molecule has 8 heteroatoms. The Balaban J connectivity index is 2.10. The molecule has 6 nitrogen and oxygen atoms in total. The normalized spacial score (nSPS) is 10.3. The molecule has 2 rings (SSSR count). The Hall–Kier alpha value is -2.31. The number of nitrogens with one attached hydrogen (secondary N) is 1. The summed E-state index contributed by atoms with van der Waals surface area (Å²) in [5, 5.41) is 13.8. The summed E-state index contributed by atoms with van der Waals surface area (Å²) in [4.78, 5) is 22.4. The first-order valence-corrected chi connectivity index (χ1v) is 7.67. The monoisotopic (exact) mass is 368 g/mol. The number of rotatable bonds is 5. The van der Waals surface area contributed by atoms with E-state index in [1.807, 2.05) is 26.0 Å². The third kappa shape index (κ3) is 4.37. The first-order valence-electron chi connectivity index (χ1n) is 6.91. The fraction of sp³-hybridized carbons (Fsp3) is 0.188. The quantitative estimate of drug-likeness (QED) is 0.620. The molecule has 0 spiro atoms. The largest absolute Gasteiger partial charge is 0.476 e. The highest BCUT2D eigenvalue weighted by atomic mass is 35.5. The molecular weight excluding hydrogens is 355 g/mol. The molecule has 0 heterocycles. The summed E-state index contributed by atoms with van der Waals surface area (Å²) in [6.07, 6.45) is 0. The van der Waals surface area contributed by atoms with Gasteiger partial charge in [-0.2, -0.15) is 0 Å². The van der Waals surface area contributed by atoms with Crippen molar-refractivity contribution in [3.8, 4) is 5.75 Å². The van der Waals surface area contributed by atoms with Crippen LogP contribution in [0.2, 0.25) is 10.0 Å². The molecule has 126 valence electrons. The predicted octanol–water partition coefficient (Wildman–Crippen LogP) is 4.54. The number of anilines is 1. The molecule has 1 amide bonds. The van der Waals surface area contributed by atoms with E-state index in [9.17, 15) is 14.9 Å². The Labute approximate surface area is 148 Å². The lowest BCUT2D eigenvalue weighted by Gasteiger charge is -2.11. The molecule has 0 atom stereocenters. The van der Waals surface area contributed by atoms with Crippen LogP contribution in [0.1, 0.15) is 11.1 Å². The maximum atomic E-state index is 12.0. The molecule has 0 fully saturated rings. The number of carbonyl (C=O) groups excluding carboxylic acids is 1. The van der Waals surface area contributed by atoms with E-state index in [2.05, 4.69) is 5.32 Å². The zero-order chi connectivity index (χ0) is 17.9. The number of halogens is 2. The highest BCUT2D eigenvalue weighted by Gasteiger charge is 2.21. The van der Waals surface area contributed by atoms with E-state index < -0.39 is 23.1 Å². The van der Waals surface area contributed by atoms with Crippen molar-refractivity contribution in [3.05, 3.63) is 61.6 Å². The summed E-state index contributed by atoms with van der Waals surface area (Å²) >= 11 is 11.7. The van der Waals surface area contributed by atoms with Crippen molar-refractivity contribution in [2.45, 2.75) is 13.8 Å². The molecule has 2 aromatic carbocycles. The summed E-state index contributed by atoms with van der Waals surface area (Å²) < 4.78 is 5.24. The van der Waals surface area contributed by atoms with Crippen LogP contribution in [0.15, 0.2) is 30.3 Å². The van der Waals surface area contributed by atoms with Crippen molar-refractivity contribution in [1.82, 2.24) is 0 Å². The molecule has 0 saturated carbocycles. The van der Waals surface area contributed by atoms with Crippen LogP contribution in [-0.4, -0.2) is 17.4 Å². The lowest BCUT2D eigenvalue weighted by molar-refractivity contribution is -0.385. The number of benzene rings is 2. The summed E-state index contributed by atoms with van der Waals surface area (Å²) in [6.45, 7) is 3.39. The van der Waals surface area contributed by atoms with Gasteiger partial charge < -0.3 is 10.1 Å². The minimum atomic E-state index is -0.672. The summed E-state index contributed by atoms with van der Waals surface area (Å²) in [5.41, 5.74) is 2.22. The Bertz CT molecular complexity index is 809. The van der Waals surface area contributed by atoms with Gasteiger partial charge >= 0.3 is 5.69 Å². The van der Waals surface area contributed by atoms with Crippen LogP contribution in [0.5, 0.6) is 5.75 Å². The van der Waals surface area contributed by atoms with Crippen LogP contribution in [0.25, 0.3) is 0 Å². The van der Waals surface area contributed by atoms with E-state index in [-0.39, 0.29) is 15.8 Å². The molecule has 0 aliphatic carbocycles.